The highest BCUT2D eigenvalue weighted by Gasteiger charge is 2.23. The predicted molar refractivity (Wildman–Crippen MR) is 89.6 cm³/mol. The van der Waals surface area contributed by atoms with E-state index in [4.69, 9.17) is 9.15 Å². The van der Waals surface area contributed by atoms with Crippen molar-refractivity contribution < 1.29 is 9.15 Å². The average molecular weight is 329 g/mol. The number of nitrogens with zero attached hydrogens (tertiary/aromatic N) is 3. The predicted octanol–water partition coefficient (Wildman–Crippen LogP) is 3.29. The fourth-order valence-corrected chi connectivity index (χ4v) is 3.61. The maximum Gasteiger partial charge on any atom is 0.195 e. The first-order valence-electron chi connectivity index (χ1n) is 7.96. The number of benzene rings is 1. The van der Waals surface area contributed by atoms with Gasteiger partial charge in [0.05, 0.1) is 6.61 Å². The van der Waals surface area contributed by atoms with Gasteiger partial charge in [0.1, 0.15) is 16.6 Å². The number of morpholine rings is 1. The minimum absolute atomic E-state index is 0.119. The molecule has 0 spiro atoms. The average Bonchev–Trinajstić information content (AvgIpc) is 3.24. The first-order valence-corrected chi connectivity index (χ1v) is 8.84. The maximum atomic E-state index is 5.83. The molecule has 6 heteroatoms. The van der Waals surface area contributed by atoms with Crippen LogP contribution in [0.25, 0.3) is 11.1 Å². The van der Waals surface area contributed by atoms with Gasteiger partial charge in [-0.05, 0) is 25.1 Å². The third-order valence-corrected chi connectivity index (χ3v) is 4.95. The molecule has 1 fully saturated rings. The van der Waals surface area contributed by atoms with Gasteiger partial charge in [-0.25, -0.2) is 9.97 Å². The summed E-state index contributed by atoms with van der Waals surface area (Å²) in [6.45, 7) is 3.70. The van der Waals surface area contributed by atoms with Gasteiger partial charge in [0, 0.05) is 31.1 Å². The molecule has 0 saturated carbocycles. The number of rotatable bonds is 5. The van der Waals surface area contributed by atoms with Crippen LogP contribution in [0.5, 0.6) is 0 Å². The molecular weight excluding hydrogens is 310 g/mol. The van der Waals surface area contributed by atoms with Crippen molar-refractivity contribution in [1.82, 2.24) is 14.9 Å². The van der Waals surface area contributed by atoms with Gasteiger partial charge in [-0.15, -0.1) is 11.3 Å². The highest BCUT2D eigenvalue weighted by atomic mass is 32.1. The topological polar surface area (TPSA) is 51.4 Å². The van der Waals surface area contributed by atoms with Crippen molar-refractivity contribution in [2.75, 3.05) is 26.2 Å². The van der Waals surface area contributed by atoms with Crippen molar-refractivity contribution in [3.05, 3.63) is 46.7 Å². The molecule has 4 rings (SSSR count). The van der Waals surface area contributed by atoms with E-state index in [1.807, 2.05) is 35.8 Å². The molecule has 0 unspecified atom stereocenters. The Labute approximate surface area is 138 Å². The van der Waals surface area contributed by atoms with E-state index < -0.39 is 0 Å². The van der Waals surface area contributed by atoms with Crippen molar-refractivity contribution in [1.29, 1.82) is 0 Å². The summed E-state index contributed by atoms with van der Waals surface area (Å²) in [6.07, 6.45) is 3.87. The number of para-hydroxylation sites is 2. The first kappa shape index (κ1) is 14.8. The zero-order chi connectivity index (χ0) is 15.5. The second kappa shape index (κ2) is 6.78. The Morgan fingerprint density at radius 2 is 2.26 bits per heavy atom. The van der Waals surface area contributed by atoms with E-state index in [-0.39, 0.29) is 6.10 Å². The summed E-state index contributed by atoms with van der Waals surface area (Å²) in [4.78, 5) is 11.3. The Balaban J connectivity index is 1.30. The van der Waals surface area contributed by atoms with Crippen molar-refractivity contribution in [3.63, 3.8) is 0 Å². The SMILES string of the molecule is c1ccc2oc(CCCN3CCO[C@H](c4nccs4)C3)nc2c1. The van der Waals surface area contributed by atoms with Crippen LogP contribution in [0, 0.1) is 0 Å². The van der Waals surface area contributed by atoms with Gasteiger partial charge in [0.15, 0.2) is 11.5 Å². The fourth-order valence-electron chi connectivity index (χ4n) is 2.93. The number of hydrogen-bond acceptors (Lipinski definition) is 6. The van der Waals surface area contributed by atoms with Crippen LogP contribution in [0.2, 0.25) is 0 Å². The van der Waals surface area contributed by atoms with Crippen molar-refractivity contribution >= 4 is 22.4 Å². The lowest BCUT2D eigenvalue weighted by Crippen LogP contribution is -2.38. The Bertz CT molecular complexity index is 723. The van der Waals surface area contributed by atoms with Crippen molar-refractivity contribution in [2.24, 2.45) is 0 Å². The number of oxazole rings is 1. The molecule has 2 aromatic heterocycles. The molecule has 120 valence electrons. The molecule has 0 aliphatic carbocycles. The van der Waals surface area contributed by atoms with Gasteiger partial charge in [-0.2, -0.15) is 0 Å². The quantitative estimate of drug-likeness (QED) is 0.719. The number of aryl methyl sites for hydroxylation is 1. The zero-order valence-corrected chi connectivity index (χ0v) is 13.7. The molecule has 0 amide bonds. The summed E-state index contributed by atoms with van der Waals surface area (Å²) in [5, 5.41) is 3.08. The Hall–Kier alpha value is -1.76. The molecule has 0 bridgehead atoms. The lowest BCUT2D eigenvalue weighted by molar-refractivity contribution is -0.0303. The van der Waals surface area contributed by atoms with E-state index in [0.717, 1.165) is 61.1 Å². The molecule has 3 heterocycles. The smallest absolute Gasteiger partial charge is 0.195 e. The van der Waals surface area contributed by atoms with Crippen LogP contribution in [-0.4, -0.2) is 41.1 Å². The molecule has 0 radical (unpaired) electrons. The van der Waals surface area contributed by atoms with Crippen molar-refractivity contribution in [2.45, 2.75) is 18.9 Å². The minimum Gasteiger partial charge on any atom is -0.441 e. The second-order valence-corrected chi connectivity index (χ2v) is 6.64. The fraction of sp³-hybridized carbons (Fsp3) is 0.412. The molecule has 0 N–H and O–H groups in total. The van der Waals surface area contributed by atoms with Crippen LogP contribution < -0.4 is 0 Å². The molecule has 23 heavy (non-hydrogen) atoms. The van der Waals surface area contributed by atoms with Gasteiger partial charge >= 0.3 is 0 Å². The largest absolute Gasteiger partial charge is 0.441 e. The van der Waals surface area contributed by atoms with Crippen LogP contribution in [0.1, 0.15) is 23.4 Å². The molecule has 5 nitrogen and oxygen atoms in total. The van der Waals surface area contributed by atoms with E-state index in [9.17, 15) is 0 Å². The molecule has 3 aromatic rings. The van der Waals surface area contributed by atoms with E-state index in [1.165, 1.54) is 0 Å². The van der Waals surface area contributed by atoms with Gasteiger partial charge in [0.2, 0.25) is 0 Å². The maximum absolute atomic E-state index is 5.83. The summed E-state index contributed by atoms with van der Waals surface area (Å²) in [5.41, 5.74) is 1.82. The normalized spacial score (nSPS) is 19.4. The number of thiazole rings is 1. The summed E-state index contributed by atoms with van der Waals surface area (Å²) in [7, 11) is 0. The highest BCUT2D eigenvalue weighted by molar-refractivity contribution is 7.09. The summed E-state index contributed by atoms with van der Waals surface area (Å²) >= 11 is 1.67. The van der Waals surface area contributed by atoms with E-state index in [2.05, 4.69) is 14.9 Å². The molecule has 1 saturated heterocycles. The molecule has 1 aromatic carbocycles. The lowest BCUT2D eigenvalue weighted by atomic mass is 10.2. The first-order chi connectivity index (χ1) is 11.4. The minimum atomic E-state index is 0.119. The molecule has 1 atom stereocenters. The third kappa shape index (κ3) is 3.44. The van der Waals surface area contributed by atoms with Crippen LogP contribution in [0.4, 0.5) is 0 Å². The number of hydrogen-bond donors (Lipinski definition) is 0. The zero-order valence-electron chi connectivity index (χ0n) is 12.9. The molecule has 1 aliphatic heterocycles. The summed E-state index contributed by atoms with van der Waals surface area (Å²) in [5.74, 6) is 0.830. The number of fused-ring (bicyclic) bond motifs is 1. The van der Waals surface area contributed by atoms with Crippen LogP contribution in [0.3, 0.4) is 0 Å². The monoisotopic (exact) mass is 329 g/mol. The molecule has 1 aliphatic rings. The standard InChI is InChI=1S/C17H19N3O2S/c1-2-5-14-13(4-1)19-16(22-14)6-3-8-20-9-10-21-15(12-20)17-18-7-11-23-17/h1-2,4-5,7,11,15H,3,6,8-10,12H2/t15-/m0/s1. The van der Waals surface area contributed by atoms with Crippen molar-refractivity contribution in [3.8, 4) is 0 Å². The van der Waals surface area contributed by atoms with Gasteiger partial charge < -0.3 is 9.15 Å². The van der Waals surface area contributed by atoms with E-state index in [0.29, 0.717) is 0 Å². The van der Waals surface area contributed by atoms with Gasteiger partial charge in [-0.3, -0.25) is 4.90 Å². The third-order valence-electron chi connectivity index (χ3n) is 4.08. The van der Waals surface area contributed by atoms with Crippen LogP contribution in [0.15, 0.2) is 40.3 Å². The van der Waals surface area contributed by atoms with Crippen LogP contribution in [-0.2, 0) is 11.2 Å². The van der Waals surface area contributed by atoms with E-state index in [1.54, 1.807) is 11.3 Å². The van der Waals surface area contributed by atoms with Gasteiger partial charge in [-0.1, -0.05) is 12.1 Å². The van der Waals surface area contributed by atoms with Gasteiger partial charge in [0.25, 0.3) is 0 Å². The highest BCUT2D eigenvalue weighted by Crippen LogP contribution is 2.24. The Morgan fingerprint density at radius 3 is 3.13 bits per heavy atom. The lowest BCUT2D eigenvalue weighted by Gasteiger charge is -2.31. The molecular formula is C17H19N3O2S. The van der Waals surface area contributed by atoms with E-state index >= 15 is 0 Å². The number of aromatic nitrogens is 2. The summed E-state index contributed by atoms with van der Waals surface area (Å²) < 4.78 is 11.6. The second-order valence-electron chi connectivity index (χ2n) is 5.71. The van der Waals surface area contributed by atoms with Crippen LogP contribution >= 0.6 is 11.3 Å². The Morgan fingerprint density at radius 1 is 1.30 bits per heavy atom. The summed E-state index contributed by atoms with van der Waals surface area (Å²) in [6, 6.07) is 7.92. The number of ether oxygens (including phenoxy) is 1. The Kier molecular flexibility index (Phi) is 4.37.